The molecule has 1 aromatic carbocycles. The fourth-order valence-electron chi connectivity index (χ4n) is 1.36. The summed E-state index contributed by atoms with van der Waals surface area (Å²) < 4.78 is 10.3. The molecule has 1 aliphatic rings. The van der Waals surface area contributed by atoms with E-state index in [-0.39, 0.29) is 13.4 Å². The number of halogens is 1. The second-order valence-corrected chi connectivity index (χ2v) is 3.18. The molecule has 4 heteroatoms. The normalized spacial score (nSPS) is 14.9. The van der Waals surface area contributed by atoms with E-state index < -0.39 is 0 Å². The molecule has 1 N–H and O–H groups in total. The maximum Gasteiger partial charge on any atom is 0.189 e. The third kappa shape index (κ3) is 1.50. The van der Waals surface area contributed by atoms with Crippen LogP contribution in [0.5, 0.6) is 5.75 Å². The predicted octanol–water partition coefficient (Wildman–Crippen LogP) is 1.70. The summed E-state index contributed by atoms with van der Waals surface area (Å²) >= 11 is 5.89. The lowest BCUT2D eigenvalue weighted by molar-refractivity contribution is -0.0173. The van der Waals surface area contributed by atoms with Crippen molar-refractivity contribution < 1.29 is 14.6 Å². The van der Waals surface area contributed by atoms with Crippen LogP contribution in [0, 0.1) is 0 Å². The molecule has 0 saturated heterocycles. The van der Waals surface area contributed by atoms with Gasteiger partial charge in [0.05, 0.1) is 13.2 Å². The maximum absolute atomic E-state index is 9.08. The van der Waals surface area contributed by atoms with Gasteiger partial charge < -0.3 is 14.6 Å². The molecular formula is C9H9ClO3. The van der Waals surface area contributed by atoms with Gasteiger partial charge in [0.15, 0.2) is 6.79 Å². The first kappa shape index (κ1) is 8.81. The number of rotatable bonds is 1. The van der Waals surface area contributed by atoms with E-state index in [9.17, 15) is 0 Å². The highest BCUT2D eigenvalue weighted by atomic mass is 35.5. The molecule has 13 heavy (non-hydrogen) atoms. The van der Waals surface area contributed by atoms with Gasteiger partial charge in [0.1, 0.15) is 5.75 Å². The highest BCUT2D eigenvalue weighted by molar-refractivity contribution is 6.31. The molecule has 0 bridgehead atoms. The monoisotopic (exact) mass is 200 g/mol. The standard InChI is InChI=1S/C9H9ClO3/c10-8-1-2-9-7(6(8)3-11)4-12-5-13-9/h1-2,11H,3-5H2. The lowest BCUT2D eigenvalue weighted by Crippen LogP contribution is -2.13. The molecule has 0 atom stereocenters. The van der Waals surface area contributed by atoms with Crippen LogP contribution in [0.2, 0.25) is 5.02 Å². The number of aliphatic hydroxyl groups is 1. The van der Waals surface area contributed by atoms with E-state index in [1.54, 1.807) is 12.1 Å². The molecule has 70 valence electrons. The van der Waals surface area contributed by atoms with Crippen molar-refractivity contribution in [2.24, 2.45) is 0 Å². The van der Waals surface area contributed by atoms with Gasteiger partial charge in [-0.2, -0.15) is 0 Å². The number of benzene rings is 1. The smallest absolute Gasteiger partial charge is 0.189 e. The van der Waals surface area contributed by atoms with Gasteiger partial charge in [-0.05, 0) is 12.1 Å². The highest BCUT2D eigenvalue weighted by Gasteiger charge is 2.16. The van der Waals surface area contributed by atoms with Gasteiger partial charge >= 0.3 is 0 Å². The summed E-state index contributed by atoms with van der Waals surface area (Å²) in [7, 11) is 0. The van der Waals surface area contributed by atoms with Crippen LogP contribution < -0.4 is 4.74 Å². The molecular weight excluding hydrogens is 192 g/mol. The molecule has 1 aromatic rings. The van der Waals surface area contributed by atoms with Crippen LogP contribution in [0.25, 0.3) is 0 Å². The molecule has 0 saturated carbocycles. The van der Waals surface area contributed by atoms with Gasteiger partial charge in [-0.3, -0.25) is 0 Å². The third-order valence-corrected chi connectivity index (χ3v) is 2.39. The van der Waals surface area contributed by atoms with Crippen LogP contribution in [0.15, 0.2) is 12.1 Å². The molecule has 0 unspecified atom stereocenters. The minimum atomic E-state index is -0.0886. The number of aliphatic hydroxyl groups excluding tert-OH is 1. The fraction of sp³-hybridized carbons (Fsp3) is 0.333. The number of ether oxygens (including phenoxy) is 2. The first-order valence-electron chi connectivity index (χ1n) is 3.94. The van der Waals surface area contributed by atoms with Crippen molar-refractivity contribution >= 4 is 11.6 Å². The molecule has 0 radical (unpaired) electrons. The summed E-state index contributed by atoms with van der Waals surface area (Å²) in [6.45, 7) is 0.625. The van der Waals surface area contributed by atoms with E-state index in [0.29, 0.717) is 17.2 Å². The van der Waals surface area contributed by atoms with Crippen molar-refractivity contribution in [1.82, 2.24) is 0 Å². The van der Waals surface area contributed by atoms with E-state index in [1.807, 2.05) is 0 Å². The highest BCUT2D eigenvalue weighted by Crippen LogP contribution is 2.31. The Morgan fingerprint density at radius 1 is 1.46 bits per heavy atom. The van der Waals surface area contributed by atoms with E-state index >= 15 is 0 Å². The Balaban J connectivity index is 2.52. The van der Waals surface area contributed by atoms with E-state index in [0.717, 1.165) is 11.3 Å². The fourth-order valence-corrected chi connectivity index (χ4v) is 1.59. The third-order valence-electron chi connectivity index (χ3n) is 2.03. The van der Waals surface area contributed by atoms with Crippen molar-refractivity contribution in [3.05, 3.63) is 28.3 Å². The molecule has 0 amide bonds. The van der Waals surface area contributed by atoms with Gasteiger partial charge in [0, 0.05) is 16.1 Å². The Morgan fingerprint density at radius 3 is 3.08 bits per heavy atom. The van der Waals surface area contributed by atoms with Crippen LogP contribution in [-0.2, 0) is 18.0 Å². The van der Waals surface area contributed by atoms with Crippen molar-refractivity contribution in [3.63, 3.8) is 0 Å². The van der Waals surface area contributed by atoms with Crippen LogP contribution in [0.1, 0.15) is 11.1 Å². The quantitative estimate of drug-likeness (QED) is 0.750. The van der Waals surface area contributed by atoms with Gasteiger partial charge in [0.25, 0.3) is 0 Å². The Labute approximate surface area is 80.8 Å². The first-order chi connectivity index (χ1) is 6.33. The average molecular weight is 201 g/mol. The molecule has 2 rings (SSSR count). The van der Waals surface area contributed by atoms with Gasteiger partial charge in [-0.15, -0.1) is 0 Å². The molecule has 3 nitrogen and oxygen atoms in total. The predicted molar refractivity (Wildman–Crippen MR) is 47.7 cm³/mol. The minimum absolute atomic E-state index is 0.0886. The Bertz CT molecular complexity index is 325. The summed E-state index contributed by atoms with van der Waals surface area (Å²) in [4.78, 5) is 0. The van der Waals surface area contributed by atoms with Gasteiger partial charge in [-0.1, -0.05) is 11.6 Å². The van der Waals surface area contributed by atoms with Crippen LogP contribution in [-0.4, -0.2) is 11.9 Å². The molecule has 0 spiro atoms. The average Bonchev–Trinajstić information content (AvgIpc) is 2.18. The molecule has 1 heterocycles. The largest absolute Gasteiger partial charge is 0.467 e. The molecule has 1 aliphatic heterocycles. The van der Waals surface area contributed by atoms with Gasteiger partial charge in [-0.25, -0.2) is 0 Å². The zero-order valence-corrected chi connectivity index (χ0v) is 7.67. The zero-order chi connectivity index (χ0) is 9.26. The number of hydrogen-bond acceptors (Lipinski definition) is 3. The molecule has 0 aromatic heterocycles. The lowest BCUT2D eigenvalue weighted by atomic mass is 10.1. The summed E-state index contributed by atoms with van der Waals surface area (Å²) in [6, 6.07) is 3.51. The Hall–Kier alpha value is -0.770. The van der Waals surface area contributed by atoms with Crippen molar-refractivity contribution in [2.45, 2.75) is 13.2 Å². The van der Waals surface area contributed by atoms with Crippen molar-refractivity contribution in [3.8, 4) is 5.75 Å². The van der Waals surface area contributed by atoms with E-state index in [4.69, 9.17) is 26.2 Å². The van der Waals surface area contributed by atoms with Crippen LogP contribution in [0.4, 0.5) is 0 Å². The topological polar surface area (TPSA) is 38.7 Å². The second kappa shape index (κ2) is 3.54. The molecule has 0 aliphatic carbocycles. The van der Waals surface area contributed by atoms with Crippen molar-refractivity contribution in [2.75, 3.05) is 6.79 Å². The van der Waals surface area contributed by atoms with Crippen LogP contribution in [0.3, 0.4) is 0 Å². The minimum Gasteiger partial charge on any atom is -0.467 e. The summed E-state index contributed by atoms with van der Waals surface area (Å²) in [6.07, 6.45) is 0. The number of hydrogen-bond donors (Lipinski definition) is 1. The second-order valence-electron chi connectivity index (χ2n) is 2.77. The van der Waals surface area contributed by atoms with E-state index in [2.05, 4.69) is 0 Å². The number of fused-ring (bicyclic) bond motifs is 1. The lowest BCUT2D eigenvalue weighted by Gasteiger charge is -2.20. The summed E-state index contributed by atoms with van der Waals surface area (Å²) in [5, 5.41) is 9.63. The Morgan fingerprint density at radius 2 is 2.31 bits per heavy atom. The maximum atomic E-state index is 9.08. The Kier molecular flexibility index (Phi) is 2.40. The SMILES string of the molecule is OCc1c(Cl)ccc2c1COCO2. The van der Waals surface area contributed by atoms with Crippen molar-refractivity contribution in [1.29, 1.82) is 0 Å². The summed E-state index contributed by atoms with van der Waals surface area (Å²) in [5.41, 5.74) is 1.54. The van der Waals surface area contributed by atoms with Crippen LogP contribution >= 0.6 is 11.6 Å². The molecule has 0 fully saturated rings. The summed E-state index contributed by atoms with van der Waals surface area (Å²) in [5.74, 6) is 0.750. The van der Waals surface area contributed by atoms with Gasteiger partial charge in [0.2, 0.25) is 0 Å². The van der Waals surface area contributed by atoms with E-state index in [1.165, 1.54) is 0 Å². The zero-order valence-electron chi connectivity index (χ0n) is 6.92. The first-order valence-corrected chi connectivity index (χ1v) is 4.32.